The van der Waals surface area contributed by atoms with Gasteiger partial charge in [0, 0.05) is 32.4 Å². The first-order valence-electron chi connectivity index (χ1n) is 6.05. The van der Waals surface area contributed by atoms with Crippen molar-refractivity contribution >= 4 is 23.5 Å². The van der Waals surface area contributed by atoms with Gasteiger partial charge >= 0.3 is 0 Å². The van der Waals surface area contributed by atoms with Crippen molar-refractivity contribution in [3.05, 3.63) is 36.2 Å². The van der Waals surface area contributed by atoms with Gasteiger partial charge in [0.1, 0.15) is 6.33 Å². The molecule has 1 amide bonds. The third-order valence-corrected chi connectivity index (χ3v) is 2.57. The molecule has 0 fully saturated rings. The van der Waals surface area contributed by atoms with Crippen LogP contribution in [0.1, 0.15) is 10.4 Å². The van der Waals surface area contributed by atoms with E-state index in [4.69, 9.17) is 0 Å². The Kier molecular flexibility index (Phi) is 4.09. The molecule has 0 aliphatic heterocycles. The standard InChI is InChI=1S/C13H16N6O/c1-14-11(20)9-5-4-6-10(7-9)17-12-15-8-16-13(18-12)19(2)3/h4-8H,1-3H3,(H,14,20)(H,15,16,17,18). The molecule has 0 spiro atoms. The molecule has 0 unspecified atom stereocenters. The van der Waals surface area contributed by atoms with Gasteiger partial charge < -0.3 is 15.5 Å². The van der Waals surface area contributed by atoms with E-state index in [0.29, 0.717) is 17.5 Å². The smallest absolute Gasteiger partial charge is 0.251 e. The number of anilines is 3. The molecule has 0 radical (unpaired) electrons. The molecule has 7 nitrogen and oxygen atoms in total. The number of amides is 1. The SMILES string of the molecule is CNC(=O)c1cccc(Nc2ncnc(N(C)C)n2)c1. The number of benzene rings is 1. The van der Waals surface area contributed by atoms with E-state index in [2.05, 4.69) is 25.6 Å². The van der Waals surface area contributed by atoms with Gasteiger partial charge in [0.15, 0.2) is 0 Å². The Labute approximate surface area is 117 Å². The van der Waals surface area contributed by atoms with Crippen molar-refractivity contribution in [1.29, 1.82) is 0 Å². The van der Waals surface area contributed by atoms with Crippen molar-refractivity contribution in [2.24, 2.45) is 0 Å². The lowest BCUT2D eigenvalue weighted by Gasteiger charge is -2.11. The summed E-state index contributed by atoms with van der Waals surface area (Å²) in [5.74, 6) is 0.848. The van der Waals surface area contributed by atoms with Crippen LogP contribution >= 0.6 is 0 Å². The molecule has 0 bridgehead atoms. The number of carbonyl (C=O) groups is 1. The Balaban J connectivity index is 2.21. The summed E-state index contributed by atoms with van der Waals surface area (Å²) >= 11 is 0. The van der Waals surface area contributed by atoms with Crippen molar-refractivity contribution in [3.8, 4) is 0 Å². The van der Waals surface area contributed by atoms with Gasteiger partial charge in [0.05, 0.1) is 0 Å². The Morgan fingerprint density at radius 1 is 1.25 bits per heavy atom. The third-order valence-electron chi connectivity index (χ3n) is 2.57. The van der Waals surface area contributed by atoms with E-state index in [1.165, 1.54) is 6.33 Å². The van der Waals surface area contributed by atoms with Gasteiger partial charge in [-0.25, -0.2) is 9.97 Å². The van der Waals surface area contributed by atoms with Gasteiger partial charge in [-0.15, -0.1) is 0 Å². The molecule has 0 atom stereocenters. The van der Waals surface area contributed by atoms with Crippen molar-refractivity contribution in [2.75, 3.05) is 31.4 Å². The van der Waals surface area contributed by atoms with E-state index < -0.39 is 0 Å². The number of hydrogen-bond donors (Lipinski definition) is 2. The second kappa shape index (κ2) is 5.96. The van der Waals surface area contributed by atoms with Gasteiger partial charge in [0.25, 0.3) is 5.91 Å². The topological polar surface area (TPSA) is 83.0 Å². The molecular formula is C13H16N6O. The molecule has 7 heteroatoms. The van der Waals surface area contributed by atoms with Gasteiger partial charge in [-0.2, -0.15) is 4.98 Å². The zero-order valence-electron chi connectivity index (χ0n) is 11.6. The molecule has 20 heavy (non-hydrogen) atoms. The molecule has 0 aliphatic rings. The molecule has 1 aromatic heterocycles. The second-order valence-corrected chi connectivity index (χ2v) is 4.29. The lowest BCUT2D eigenvalue weighted by molar-refractivity contribution is 0.0963. The summed E-state index contributed by atoms with van der Waals surface area (Å²) in [6.07, 6.45) is 1.44. The average molecular weight is 272 g/mol. The predicted octanol–water partition coefficient (Wildman–Crippen LogP) is 1.04. The fourth-order valence-corrected chi connectivity index (χ4v) is 1.57. The zero-order chi connectivity index (χ0) is 14.5. The second-order valence-electron chi connectivity index (χ2n) is 4.29. The maximum absolute atomic E-state index is 11.6. The first-order chi connectivity index (χ1) is 9.60. The monoisotopic (exact) mass is 272 g/mol. The summed E-state index contributed by atoms with van der Waals surface area (Å²) in [7, 11) is 5.30. The number of nitrogens with zero attached hydrogens (tertiary/aromatic N) is 4. The molecule has 2 N–H and O–H groups in total. The van der Waals surface area contributed by atoms with E-state index >= 15 is 0 Å². The van der Waals surface area contributed by atoms with Crippen molar-refractivity contribution < 1.29 is 4.79 Å². The molecule has 0 saturated carbocycles. The van der Waals surface area contributed by atoms with Crippen LogP contribution in [0.15, 0.2) is 30.6 Å². The lowest BCUT2D eigenvalue weighted by Crippen LogP contribution is -2.17. The highest BCUT2D eigenvalue weighted by Crippen LogP contribution is 2.15. The largest absolute Gasteiger partial charge is 0.355 e. The van der Waals surface area contributed by atoms with Gasteiger partial charge in [0.2, 0.25) is 11.9 Å². The van der Waals surface area contributed by atoms with Crippen molar-refractivity contribution in [2.45, 2.75) is 0 Å². The van der Waals surface area contributed by atoms with Crippen LogP contribution in [0.4, 0.5) is 17.6 Å². The summed E-state index contributed by atoms with van der Waals surface area (Å²) < 4.78 is 0. The third kappa shape index (κ3) is 3.19. The Morgan fingerprint density at radius 2 is 2.05 bits per heavy atom. The maximum Gasteiger partial charge on any atom is 0.251 e. The van der Waals surface area contributed by atoms with Crippen LogP contribution in [0.2, 0.25) is 0 Å². The minimum absolute atomic E-state index is 0.140. The quantitative estimate of drug-likeness (QED) is 0.865. The number of carbonyl (C=O) groups excluding carboxylic acids is 1. The molecular weight excluding hydrogens is 256 g/mol. The van der Waals surface area contributed by atoms with Crippen LogP contribution in [0.5, 0.6) is 0 Å². The van der Waals surface area contributed by atoms with Crippen LogP contribution in [-0.4, -0.2) is 42.0 Å². The van der Waals surface area contributed by atoms with Gasteiger partial charge in [-0.05, 0) is 18.2 Å². The molecule has 104 valence electrons. The highest BCUT2D eigenvalue weighted by molar-refractivity contribution is 5.95. The molecule has 0 saturated heterocycles. The summed E-state index contributed by atoms with van der Waals surface area (Å²) in [4.78, 5) is 25.7. The average Bonchev–Trinajstić information content (AvgIpc) is 2.47. The maximum atomic E-state index is 11.6. The van der Waals surface area contributed by atoms with E-state index in [9.17, 15) is 4.79 Å². The molecule has 1 heterocycles. The number of aromatic nitrogens is 3. The fraction of sp³-hybridized carbons (Fsp3) is 0.231. The number of rotatable bonds is 4. The Bertz CT molecular complexity index is 613. The first-order valence-corrected chi connectivity index (χ1v) is 6.05. The predicted molar refractivity (Wildman–Crippen MR) is 77.3 cm³/mol. The first kappa shape index (κ1) is 13.7. The van der Waals surface area contributed by atoms with Crippen LogP contribution < -0.4 is 15.5 Å². The Morgan fingerprint density at radius 3 is 2.75 bits per heavy atom. The van der Waals surface area contributed by atoms with E-state index in [1.807, 2.05) is 20.2 Å². The fourth-order valence-electron chi connectivity index (χ4n) is 1.57. The molecule has 1 aromatic carbocycles. The highest BCUT2D eigenvalue weighted by atomic mass is 16.1. The van der Waals surface area contributed by atoms with E-state index in [-0.39, 0.29) is 5.91 Å². The highest BCUT2D eigenvalue weighted by Gasteiger charge is 2.06. The zero-order valence-corrected chi connectivity index (χ0v) is 11.6. The van der Waals surface area contributed by atoms with Crippen molar-refractivity contribution in [1.82, 2.24) is 20.3 Å². The van der Waals surface area contributed by atoms with E-state index in [0.717, 1.165) is 5.69 Å². The number of hydrogen-bond acceptors (Lipinski definition) is 6. The Hall–Kier alpha value is -2.70. The van der Waals surface area contributed by atoms with E-state index in [1.54, 1.807) is 30.1 Å². The number of nitrogens with one attached hydrogen (secondary N) is 2. The summed E-state index contributed by atoms with van der Waals surface area (Å²) in [5.41, 5.74) is 1.31. The molecule has 2 rings (SSSR count). The minimum atomic E-state index is -0.140. The van der Waals surface area contributed by atoms with Gasteiger partial charge in [-0.1, -0.05) is 6.07 Å². The summed E-state index contributed by atoms with van der Waals surface area (Å²) in [6.45, 7) is 0. The normalized spacial score (nSPS) is 9.95. The van der Waals surface area contributed by atoms with Crippen LogP contribution in [0.25, 0.3) is 0 Å². The summed E-state index contributed by atoms with van der Waals surface area (Å²) in [6, 6.07) is 7.10. The van der Waals surface area contributed by atoms with Crippen LogP contribution in [-0.2, 0) is 0 Å². The lowest BCUT2D eigenvalue weighted by atomic mass is 10.2. The molecule has 2 aromatic rings. The van der Waals surface area contributed by atoms with Gasteiger partial charge in [-0.3, -0.25) is 4.79 Å². The molecule has 0 aliphatic carbocycles. The van der Waals surface area contributed by atoms with Crippen LogP contribution in [0, 0.1) is 0 Å². The van der Waals surface area contributed by atoms with Crippen LogP contribution in [0.3, 0.4) is 0 Å². The van der Waals surface area contributed by atoms with Crippen molar-refractivity contribution in [3.63, 3.8) is 0 Å². The minimum Gasteiger partial charge on any atom is -0.355 e. The summed E-state index contributed by atoms with van der Waals surface area (Å²) in [5, 5.41) is 5.63.